The van der Waals surface area contributed by atoms with Crippen molar-refractivity contribution >= 4 is 36.6 Å². The van der Waals surface area contributed by atoms with Crippen LogP contribution in [-0.2, 0) is 20.1 Å². The maximum absolute atomic E-state index is 12.6. The summed E-state index contributed by atoms with van der Waals surface area (Å²) < 4.78 is 60.0. The van der Waals surface area contributed by atoms with E-state index >= 15 is 0 Å². The van der Waals surface area contributed by atoms with Gasteiger partial charge in [0.25, 0.3) is 20.1 Å². The minimum atomic E-state index is -4.42. The Morgan fingerprint density at radius 2 is 1.40 bits per heavy atom. The molecule has 0 heterocycles. The summed E-state index contributed by atoms with van der Waals surface area (Å²) in [4.78, 5) is -0.178. The monoisotopic (exact) mass is 377 g/mol. The minimum absolute atomic E-state index is 0.0982. The number of nitrogens with one attached hydrogen (secondary N) is 1. The third-order valence-corrected chi connectivity index (χ3v) is 6.03. The average Bonchev–Trinajstić information content (AvgIpc) is 2.54. The van der Waals surface area contributed by atoms with Gasteiger partial charge in [0, 0.05) is 10.8 Å². The highest BCUT2D eigenvalue weighted by molar-refractivity contribution is 7.92. The molecule has 0 amide bonds. The lowest BCUT2D eigenvalue weighted by Gasteiger charge is -2.12. The SMILES string of the molecule is Cc1ccc(S(=O)(=O)Nc2ccc(S(=O)(=O)O)c3ccccc23)cc1. The summed E-state index contributed by atoms with van der Waals surface area (Å²) in [5.41, 5.74) is 1.16. The predicted molar refractivity (Wildman–Crippen MR) is 95.8 cm³/mol. The van der Waals surface area contributed by atoms with Crippen molar-refractivity contribution in [2.24, 2.45) is 0 Å². The van der Waals surface area contributed by atoms with Gasteiger partial charge in [0.1, 0.15) is 4.90 Å². The summed E-state index contributed by atoms with van der Waals surface area (Å²) in [5, 5.41) is 0.599. The summed E-state index contributed by atoms with van der Waals surface area (Å²) in [7, 11) is -8.26. The van der Waals surface area contributed by atoms with E-state index in [1.54, 1.807) is 30.3 Å². The van der Waals surface area contributed by atoms with E-state index in [0.29, 0.717) is 5.39 Å². The maximum Gasteiger partial charge on any atom is 0.295 e. The zero-order valence-corrected chi connectivity index (χ0v) is 14.8. The first-order chi connectivity index (χ1) is 11.7. The van der Waals surface area contributed by atoms with Crippen molar-refractivity contribution < 1.29 is 21.4 Å². The fraction of sp³-hybridized carbons (Fsp3) is 0.0588. The number of anilines is 1. The van der Waals surface area contributed by atoms with Crippen LogP contribution in [-0.4, -0.2) is 21.4 Å². The molecule has 6 nitrogen and oxygen atoms in total. The van der Waals surface area contributed by atoms with Crippen LogP contribution in [0.25, 0.3) is 10.8 Å². The van der Waals surface area contributed by atoms with Crippen LogP contribution in [0.5, 0.6) is 0 Å². The highest BCUT2D eigenvalue weighted by Gasteiger charge is 2.19. The number of hydrogen-bond donors (Lipinski definition) is 2. The molecule has 8 heteroatoms. The first-order valence-corrected chi connectivity index (χ1v) is 10.2. The molecule has 0 fully saturated rings. The quantitative estimate of drug-likeness (QED) is 0.680. The molecule has 0 radical (unpaired) electrons. The molecule has 0 aliphatic carbocycles. The third-order valence-electron chi connectivity index (χ3n) is 3.74. The van der Waals surface area contributed by atoms with Crippen molar-refractivity contribution in [3.63, 3.8) is 0 Å². The summed E-state index contributed by atoms with van der Waals surface area (Å²) >= 11 is 0. The number of hydrogen-bond acceptors (Lipinski definition) is 4. The lowest BCUT2D eigenvalue weighted by molar-refractivity contribution is 0.484. The van der Waals surface area contributed by atoms with Gasteiger partial charge in [-0.1, -0.05) is 42.0 Å². The average molecular weight is 377 g/mol. The van der Waals surface area contributed by atoms with Crippen LogP contribution in [0, 0.1) is 6.92 Å². The number of fused-ring (bicyclic) bond motifs is 1. The minimum Gasteiger partial charge on any atom is -0.282 e. The summed E-state index contributed by atoms with van der Waals surface area (Å²) in [6.07, 6.45) is 0. The molecule has 0 aliphatic rings. The Morgan fingerprint density at radius 1 is 0.800 bits per heavy atom. The van der Waals surface area contributed by atoms with Crippen LogP contribution < -0.4 is 4.72 Å². The molecular formula is C17H15NO5S2. The van der Waals surface area contributed by atoms with Crippen LogP contribution >= 0.6 is 0 Å². The Labute approximate surface area is 145 Å². The molecule has 25 heavy (non-hydrogen) atoms. The van der Waals surface area contributed by atoms with Gasteiger partial charge in [-0.2, -0.15) is 8.42 Å². The van der Waals surface area contributed by atoms with E-state index in [-0.39, 0.29) is 20.9 Å². The first kappa shape index (κ1) is 17.4. The maximum atomic E-state index is 12.6. The van der Waals surface area contributed by atoms with Crippen molar-refractivity contribution in [2.45, 2.75) is 16.7 Å². The second-order valence-corrected chi connectivity index (χ2v) is 8.62. The van der Waals surface area contributed by atoms with Gasteiger partial charge in [0.05, 0.1) is 10.6 Å². The van der Waals surface area contributed by atoms with Crippen LogP contribution in [0.3, 0.4) is 0 Å². The van der Waals surface area contributed by atoms with Crippen molar-refractivity contribution in [3.8, 4) is 0 Å². The largest absolute Gasteiger partial charge is 0.295 e. The molecule has 3 aromatic rings. The number of rotatable bonds is 4. The van der Waals surface area contributed by atoms with Gasteiger partial charge >= 0.3 is 0 Å². The van der Waals surface area contributed by atoms with Crippen LogP contribution in [0.1, 0.15) is 5.56 Å². The Bertz CT molecular complexity index is 1150. The van der Waals surface area contributed by atoms with Crippen molar-refractivity contribution in [3.05, 3.63) is 66.2 Å². The van der Waals surface area contributed by atoms with Gasteiger partial charge < -0.3 is 0 Å². The topological polar surface area (TPSA) is 101 Å². The Kier molecular flexibility index (Phi) is 4.28. The fourth-order valence-electron chi connectivity index (χ4n) is 2.51. The lowest BCUT2D eigenvalue weighted by Crippen LogP contribution is -2.13. The normalized spacial score (nSPS) is 12.2. The molecule has 0 aromatic heterocycles. The molecule has 0 bridgehead atoms. The summed E-state index contributed by atoms with van der Waals surface area (Å²) in [5.74, 6) is 0. The van der Waals surface area contributed by atoms with Crippen molar-refractivity contribution in [1.82, 2.24) is 0 Å². The van der Waals surface area contributed by atoms with Crippen LogP contribution in [0.15, 0.2) is 70.5 Å². The second kappa shape index (κ2) is 6.14. The summed E-state index contributed by atoms with van der Waals surface area (Å²) in [6, 6.07) is 15.2. The van der Waals surface area contributed by atoms with Gasteiger partial charge in [-0.15, -0.1) is 0 Å². The molecular weight excluding hydrogens is 362 g/mol. The smallest absolute Gasteiger partial charge is 0.282 e. The molecule has 2 N–H and O–H groups in total. The van der Waals surface area contributed by atoms with E-state index in [0.717, 1.165) is 5.56 Å². The molecule has 0 aliphatic heterocycles. The van der Waals surface area contributed by atoms with Crippen molar-refractivity contribution in [1.29, 1.82) is 0 Å². The molecule has 3 rings (SSSR count). The van der Waals surface area contributed by atoms with E-state index in [1.807, 2.05) is 6.92 Å². The Morgan fingerprint density at radius 3 is 2.00 bits per heavy atom. The van der Waals surface area contributed by atoms with Gasteiger partial charge in [-0.05, 0) is 31.2 Å². The van der Waals surface area contributed by atoms with E-state index in [4.69, 9.17) is 0 Å². The number of aryl methyl sites for hydroxylation is 1. The van der Waals surface area contributed by atoms with Gasteiger partial charge in [-0.3, -0.25) is 9.27 Å². The highest BCUT2D eigenvalue weighted by Crippen LogP contribution is 2.30. The van der Waals surface area contributed by atoms with Gasteiger partial charge in [-0.25, -0.2) is 8.42 Å². The lowest BCUT2D eigenvalue weighted by atomic mass is 10.1. The molecule has 0 unspecified atom stereocenters. The standard InChI is InChI=1S/C17H15NO5S2/c1-12-6-8-13(9-7-12)24(19,20)18-16-10-11-17(25(21,22)23)15-5-3-2-4-14(15)16/h2-11,18H,1H3,(H,21,22,23). The predicted octanol–water partition coefficient (Wildman–Crippen LogP) is 3.20. The van der Waals surface area contributed by atoms with Crippen LogP contribution in [0.2, 0.25) is 0 Å². The van der Waals surface area contributed by atoms with Gasteiger partial charge in [0.15, 0.2) is 0 Å². The third kappa shape index (κ3) is 3.51. The van der Waals surface area contributed by atoms with E-state index in [1.165, 1.54) is 30.3 Å². The van der Waals surface area contributed by atoms with E-state index < -0.39 is 20.1 Å². The molecule has 0 saturated heterocycles. The second-order valence-electron chi connectivity index (χ2n) is 5.55. The summed E-state index contributed by atoms with van der Waals surface area (Å²) in [6.45, 7) is 1.85. The molecule has 3 aromatic carbocycles. The zero-order valence-electron chi connectivity index (χ0n) is 13.2. The Hall–Kier alpha value is -2.42. The molecule has 130 valence electrons. The number of benzene rings is 3. The fourth-order valence-corrected chi connectivity index (χ4v) is 4.28. The number of sulfonamides is 1. The highest BCUT2D eigenvalue weighted by atomic mass is 32.2. The molecule has 0 saturated carbocycles. The first-order valence-electron chi connectivity index (χ1n) is 7.27. The van der Waals surface area contributed by atoms with Crippen LogP contribution in [0.4, 0.5) is 5.69 Å². The molecule has 0 atom stereocenters. The zero-order chi connectivity index (χ0) is 18.2. The van der Waals surface area contributed by atoms with E-state index in [2.05, 4.69) is 4.72 Å². The van der Waals surface area contributed by atoms with Crippen molar-refractivity contribution in [2.75, 3.05) is 4.72 Å². The van der Waals surface area contributed by atoms with E-state index in [9.17, 15) is 21.4 Å². The molecule has 0 spiro atoms. The van der Waals surface area contributed by atoms with Gasteiger partial charge in [0.2, 0.25) is 0 Å². The Balaban J connectivity index is 2.13.